The van der Waals surface area contributed by atoms with Crippen molar-refractivity contribution in [1.82, 2.24) is 10.2 Å². The number of carbonyl (C=O) groups is 1. The van der Waals surface area contributed by atoms with Gasteiger partial charge in [-0.3, -0.25) is 0 Å². The van der Waals surface area contributed by atoms with Crippen LogP contribution in [0.2, 0.25) is 0 Å². The number of rotatable bonds is 6. The Morgan fingerprint density at radius 2 is 2.41 bits per heavy atom. The smallest absolute Gasteiger partial charge is 0.407 e. The molecule has 0 saturated heterocycles. The summed E-state index contributed by atoms with van der Waals surface area (Å²) < 4.78 is 4.72. The number of carbonyl (C=O) groups excluding carboxylic acids is 1. The highest BCUT2D eigenvalue weighted by Gasteiger charge is 2.16. The van der Waals surface area contributed by atoms with Gasteiger partial charge in [0, 0.05) is 11.4 Å². The van der Waals surface area contributed by atoms with Crippen LogP contribution in [-0.4, -0.2) is 50.0 Å². The van der Waals surface area contributed by atoms with Gasteiger partial charge in [0.05, 0.1) is 12.6 Å². The van der Waals surface area contributed by atoms with Crippen molar-refractivity contribution < 1.29 is 14.6 Å². The van der Waals surface area contributed by atoms with E-state index in [1.807, 2.05) is 36.5 Å². The number of nitrogens with one attached hydrogen (secondary N) is 1. The number of nitrogens with zero attached hydrogens (tertiary/aromatic N) is 1. The van der Waals surface area contributed by atoms with Crippen LogP contribution in [0.25, 0.3) is 0 Å². The van der Waals surface area contributed by atoms with Crippen molar-refractivity contribution >= 4 is 17.4 Å². The lowest BCUT2D eigenvalue weighted by Crippen LogP contribution is -2.34. The maximum atomic E-state index is 11.2. The van der Waals surface area contributed by atoms with Gasteiger partial charge in [-0.15, -0.1) is 11.3 Å². The Kier molecular flexibility index (Phi) is 5.96. The number of hydrogen-bond donors (Lipinski definition) is 2. The normalized spacial score (nSPS) is 12.5. The lowest BCUT2D eigenvalue weighted by atomic mass is 10.2. The van der Waals surface area contributed by atoms with Crippen LogP contribution in [0.15, 0.2) is 17.5 Å². The van der Waals surface area contributed by atoms with E-state index in [0.29, 0.717) is 6.54 Å². The zero-order chi connectivity index (χ0) is 12.7. The maximum Gasteiger partial charge on any atom is 0.407 e. The number of likely N-dealkylation sites (N-methyl/N-ethyl adjacent to an activating group) is 1. The van der Waals surface area contributed by atoms with Gasteiger partial charge >= 0.3 is 6.09 Å². The summed E-state index contributed by atoms with van der Waals surface area (Å²) in [5.74, 6) is 0. The van der Waals surface area contributed by atoms with Crippen LogP contribution in [0.3, 0.4) is 0 Å². The van der Waals surface area contributed by atoms with Crippen molar-refractivity contribution in [3.05, 3.63) is 22.4 Å². The molecule has 0 saturated carbocycles. The zero-order valence-corrected chi connectivity index (χ0v) is 10.9. The second kappa shape index (κ2) is 7.26. The number of hydrogen-bond acceptors (Lipinski definition) is 5. The molecule has 6 heteroatoms. The van der Waals surface area contributed by atoms with Gasteiger partial charge in [-0.05, 0) is 25.5 Å². The van der Waals surface area contributed by atoms with Crippen molar-refractivity contribution in [3.63, 3.8) is 0 Å². The molecule has 0 fully saturated rings. The third-order valence-corrected chi connectivity index (χ3v) is 3.23. The first-order valence-electron chi connectivity index (χ1n) is 5.36. The van der Waals surface area contributed by atoms with E-state index in [4.69, 9.17) is 9.84 Å². The van der Waals surface area contributed by atoms with Crippen molar-refractivity contribution in [3.8, 4) is 0 Å². The fourth-order valence-electron chi connectivity index (χ4n) is 1.39. The molecule has 0 radical (unpaired) electrons. The predicted octanol–water partition coefficient (Wildman–Crippen LogP) is 1.07. The molecule has 0 aliphatic rings. The fourth-order valence-corrected chi connectivity index (χ4v) is 2.31. The molecule has 2 N–H and O–H groups in total. The average molecular weight is 258 g/mol. The van der Waals surface area contributed by atoms with E-state index in [2.05, 4.69) is 5.32 Å². The van der Waals surface area contributed by atoms with E-state index in [1.54, 1.807) is 11.3 Å². The molecule has 1 heterocycles. The first-order valence-corrected chi connectivity index (χ1v) is 6.24. The van der Waals surface area contributed by atoms with Gasteiger partial charge in [0.15, 0.2) is 0 Å². The molecule has 96 valence electrons. The van der Waals surface area contributed by atoms with Crippen molar-refractivity contribution in [2.75, 3.05) is 33.9 Å². The minimum absolute atomic E-state index is 0.0253. The monoisotopic (exact) mass is 258 g/mol. The summed E-state index contributed by atoms with van der Waals surface area (Å²) in [6, 6.07) is 4.16. The summed E-state index contributed by atoms with van der Waals surface area (Å²) in [5, 5.41) is 13.2. The molecule has 1 amide bonds. The maximum absolute atomic E-state index is 11.2. The molecule has 5 nitrogen and oxygen atoms in total. The quantitative estimate of drug-likeness (QED) is 0.801. The summed E-state index contributed by atoms with van der Waals surface area (Å²) in [7, 11) is 3.93. The summed E-state index contributed by atoms with van der Waals surface area (Å²) >= 11 is 1.66. The Morgan fingerprint density at radius 1 is 1.65 bits per heavy atom. The SMILES string of the molecule is CN(C)C(CNC(=O)OCCO)c1cccs1. The van der Waals surface area contributed by atoms with E-state index >= 15 is 0 Å². The number of aliphatic hydroxyl groups is 1. The second-order valence-corrected chi connectivity index (χ2v) is 4.71. The van der Waals surface area contributed by atoms with Gasteiger partial charge in [0.25, 0.3) is 0 Å². The van der Waals surface area contributed by atoms with Crippen LogP contribution in [-0.2, 0) is 4.74 Å². The van der Waals surface area contributed by atoms with Gasteiger partial charge in [-0.2, -0.15) is 0 Å². The first-order chi connectivity index (χ1) is 8.15. The van der Waals surface area contributed by atoms with Crippen LogP contribution in [0.1, 0.15) is 10.9 Å². The second-order valence-electron chi connectivity index (χ2n) is 3.74. The fraction of sp³-hybridized carbons (Fsp3) is 0.545. The topological polar surface area (TPSA) is 61.8 Å². The zero-order valence-electron chi connectivity index (χ0n) is 10.0. The minimum Gasteiger partial charge on any atom is -0.447 e. The standard InChI is InChI=1S/C11H18N2O3S/c1-13(2)9(10-4-3-7-17-10)8-12-11(15)16-6-5-14/h3-4,7,9,14H,5-6,8H2,1-2H3,(H,12,15). The number of aliphatic hydroxyl groups excluding tert-OH is 1. The van der Waals surface area contributed by atoms with E-state index in [9.17, 15) is 4.79 Å². The van der Waals surface area contributed by atoms with Crippen LogP contribution in [0.5, 0.6) is 0 Å². The molecule has 1 unspecified atom stereocenters. The molecule has 1 rings (SSSR count). The van der Waals surface area contributed by atoms with Crippen molar-refractivity contribution in [2.24, 2.45) is 0 Å². The first kappa shape index (κ1) is 14.0. The third-order valence-electron chi connectivity index (χ3n) is 2.26. The highest BCUT2D eigenvalue weighted by atomic mass is 32.1. The van der Waals surface area contributed by atoms with E-state index in [1.165, 1.54) is 4.88 Å². The molecule has 1 aromatic heterocycles. The van der Waals surface area contributed by atoms with Gasteiger partial charge in [0.1, 0.15) is 6.61 Å². The summed E-state index contributed by atoms with van der Waals surface area (Å²) in [5.41, 5.74) is 0. The molecule has 0 bridgehead atoms. The minimum atomic E-state index is -0.498. The highest BCUT2D eigenvalue weighted by molar-refractivity contribution is 7.10. The Morgan fingerprint density at radius 3 is 2.94 bits per heavy atom. The number of amides is 1. The van der Waals surface area contributed by atoms with Crippen LogP contribution < -0.4 is 5.32 Å². The molecule has 0 aliphatic carbocycles. The predicted molar refractivity (Wildman–Crippen MR) is 67.2 cm³/mol. The molecule has 0 spiro atoms. The number of thiophene rings is 1. The van der Waals surface area contributed by atoms with Gasteiger partial charge < -0.3 is 20.1 Å². The molecule has 1 atom stereocenters. The Bertz CT molecular complexity index is 327. The van der Waals surface area contributed by atoms with Gasteiger partial charge in [0.2, 0.25) is 0 Å². The van der Waals surface area contributed by atoms with E-state index in [0.717, 1.165) is 0 Å². The van der Waals surface area contributed by atoms with E-state index < -0.39 is 6.09 Å². The molecule has 17 heavy (non-hydrogen) atoms. The summed E-state index contributed by atoms with van der Waals surface area (Å²) in [6.07, 6.45) is -0.498. The van der Waals surface area contributed by atoms with Gasteiger partial charge in [-0.1, -0.05) is 6.07 Å². The molecular formula is C11H18N2O3S. The van der Waals surface area contributed by atoms with Crippen molar-refractivity contribution in [1.29, 1.82) is 0 Å². The van der Waals surface area contributed by atoms with Crippen LogP contribution in [0, 0.1) is 0 Å². The Balaban J connectivity index is 2.43. The Labute approximate surface area is 105 Å². The lowest BCUT2D eigenvalue weighted by molar-refractivity contribution is 0.117. The highest BCUT2D eigenvalue weighted by Crippen LogP contribution is 2.22. The summed E-state index contributed by atoms with van der Waals surface area (Å²) in [6.45, 7) is 0.352. The van der Waals surface area contributed by atoms with Crippen LogP contribution >= 0.6 is 11.3 Å². The Hall–Kier alpha value is -1.11. The molecular weight excluding hydrogens is 240 g/mol. The number of alkyl carbamates (subject to hydrolysis) is 1. The number of ether oxygens (including phenoxy) is 1. The van der Waals surface area contributed by atoms with E-state index in [-0.39, 0.29) is 19.3 Å². The third kappa shape index (κ3) is 4.72. The van der Waals surface area contributed by atoms with Crippen LogP contribution in [0.4, 0.5) is 4.79 Å². The molecule has 1 aromatic rings. The van der Waals surface area contributed by atoms with Crippen molar-refractivity contribution in [2.45, 2.75) is 6.04 Å². The molecule has 0 aromatic carbocycles. The van der Waals surface area contributed by atoms with Gasteiger partial charge in [-0.25, -0.2) is 4.79 Å². The average Bonchev–Trinajstić information content (AvgIpc) is 2.79. The largest absolute Gasteiger partial charge is 0.447 e. The molecule has 0 aliphatic heterocycles. The lowest BCUT2D eigenvalue weighted by Gasteiger charge is -2.23. The summed E-state index contributed by atoms with van der Waals surface area (Å²) in [4.78, 5) is 14.5.